The summed E-state index contributed by atoms with van der Waals surface area (Å²) < 4.78 is 25.8. The van der Waals surface area contributed by atoms with Crippen molar-refractivity contribution in [1.82, 2.24) is 20.2 Å². The minimum atomic E-state index is -0.817. The molecule has 0 radical (unpaired) electrons. The van der Waals surface area contributed by atoms with Gasteiger partial charge in [0.25, 0.3) is 11.5 Å². The summed E-state index contributed by atoms with van der Waals surface area (Å²) in [5, 5.41) is 2.74. The number of nitrogens with one attached hydrogen (secondary N) is 2. The van der Waals surface area contributed by atoms with E-state index in [1.165, 1.54) is 12.1 Å². The summed E-state index contributed by atoms with van der Waals surface area (Å²) in [6.45, 7) is 7.07. The van der Waals surface area contributed by atoms with Crippen LogP contribution in [-0.4, -0.2) is 78.2 Å². The van der Waals surface area contributed by atoms with Gasteiger partial charge in [-0.15, -0.1) is 0 Å². The highest BCUT2D eigenvalue weighted by Crippen LogP contribution is 2.32. The number of hydrogen-bond donors (Lipinski definition) is 2. The third kappa shape index (κ3) is 6.09. The summed E-state index contributed by atoms with van der Waals surface area (Å²) in [6, 6.07) is 10.7. The van der Waals surface area contributed by atoms with Crippen LogP contribution in [0.5, 0.6) is 5.75 Å². The van der Waals surface area contributed by atoms with Crippen molar-refractivity contribution in [3.8, 4) is 5.75 Å². The lowest BCUT2D eigenvalue weighted by Gasteiger charge is -2.36. The second-order valence-corrected chi connectivity index (χ2v) is 10.5. The monoisotopic (exact) mass is 551 g/mol. The SMILES string of the molecule is CC(C)[C@H](NC(=O)c1nc2ccccc2[nH]c1=O)C(=O)N1CCC(Oc2ccc(F)cc2N2CCOCC2)CC1. The number of nitrogens with zero attached hydrogens (tertiary/aromatic N) is 3. The second-order valence-electron chi connectivity index (χ2n) is 10.5. The van der Waals surface area contributed by atoms with Crippen molar-refractivity contribution < 1.29 is 23.5 Å². The molecule has 3 heterocycles. The maximum absolute atomic E-state index is 14.0. The lowest BCUT2D eigenvalue weighted by atomic mass is 10.00. The third-order valence-corrected chi connectivity index (χ3v) is 7.35. The van der Waals surface area contributed by atoms with Gasteiger partial charge in [0.1, 0.15) is 23.7 Å². The van der Waals surface area contributed by atoms with Gasteiger partial charge in [0.15, 0.2) is 5.69 Å². The first-order valence-electron chi connectivity index (χ1n) is 13.7. The molecule has 2 fully saturated rings. The van der Waals surface area contributed by atoms with Crippen LogP contribution >= 0.6 is 0 Å². The van der Waals surface area contributed by atoms with E-state index in [0.717, 1.165) is 0 Å². The standard InChI is InChI=1S/C29H34FN5O5/c1-18(2)25(33-28(37)26-27(36)32-22-6-4-3-5-21(22)31-26)29(38)35-11-9-20(10-12-35)40-24-8-7-19(30)17-23(24)34-13-15-39-16-14-34/h3-8,17-18,20,25H,9-16H2,1-2H3,(H,32,36)(H,33,37)/t25-/m0/s1. The molecule has 10 nitrogen and oxygen atoms in total. The molecule has 3 aromatic rings. The molecule has 11 heteroatoms. The number of rotatable bonds is 7. The predicted molar refractivity (Wildman–Crippen MR) is 148 cm³/mol. The number of aromatic nitrogens is 2. The Bertz CT molecular complexity index is 1430. The molecule has 0 bridgehead atoms. The predicted octanol–water partition coefficient (Wildman–Crippen LogP) is 2.72. The van der Waals surface area contributed by atoms with Gasteiger partial charge in [-0.3, -0.25) is 14.4 Å². The highest BCUT2D eigenvalue weighted by Gasteiger charge is 2.33. The highest BCUT2D eigenvalue weighted by molar-refractivity contribution is 5.97. The number of amides is 2. The Morgan fingerprint density at radius 2 is 1.82 bits per heavy atom. The number of anilines is 1. The highest BCUT2D eigenvalue weighted by atomic mass is 19.1. The van der Waals surface area contributed by atoms with E-state index in [4.69, 9.17) is 9.47 Å². The minimum Gasteiger partial charge on any atom is -0.488 e. The van der Waals surface area contributed by atoms with E-state index in [0.29, 0.717) is 74.7 Å². The second kappa shape index (κ2) is 12.0. The van der Waals surface area contributed by atoms with E-state index >= 15 is 0 Å². The quantitative estimate of drug-likeness (QED) is 0.464. The first-order chi connectivity index (χ1) is 19.3. The van der Waals surface area contributed by atoms with Gasteiger partial charge in [0, 0.05) is 45.1 Å². The summed E-state index contributed by atoms with van der Waals surface area (Å²) in [4.78, 5) is 49.7. The maximum atomic E-state index is 14.0. The average molecular weight is 552 g/mol. The van der Waals surface area contributed by atoms with E-state index in [-0.39, 0.29) is 29.4 Å². The van der Waals surface area contributed by atoms with Crippen LogP contribution in [-0.2, 0) is 9.53 Å². The van der Waals surface area contributed by atoms with Crippen LogP contribution in [0.3, 0.4) is 0 Å². The molecular formula is C29H34FN5O5. The molecular weight excluding hydrogens is 517 g/mol. The zero-order valence-electron chi connectivity index (χ0n) is 22.7. The third-order valence-electron chi connectivity index (χ3n) is 7.35. The van der Waals surface area contributed by atoms with E-state index < -0.39 is 17.5 Å². The Hall–Kier alpha value is -3.99. The molecule has 5 rings (SSSR count). The topological polar surface area (TPSA) is 117 Å². The van der Waals surface area contributed by atoms with Gasteiger partial charge in [0.05, 0.1) is 29.9 Å². The number of hydrogen-bond acceptors (Lipinski definition) is 7. The van der Waals surface area contributed by atoms with Gasteiger partial charge in [0.2, 0.25) is 5.91 Å². The van der Waals surface area contributed by atoms with Crippen LogP contribution in [0.1, 0.15) is 37.2 Å². The fraction of sp³-hybridized carbons (Fsp3) is 0.448. The van der Waals surface area contributed by atoms with E-state index in [9.17, 15) is 18.8 Å². The Kier molecular flexibility index (Phi) is 8.29. The molecule has 2 aromatic carbocycles. The molecule has 0 spiro atoms. The van der Waals surface area contributed by atoms with Gasteiger partial charge >= 0.3 is 0 Å². The van der Waals surface area contributed by atoms with Crippen molar-refractivity contribution in [1.29, 1.82) is 0 Å². The minimum absolute atomic E-state index is 0.137. The average Bonchev–Trinajstić information content (AvgIpc) is 2.96. The number of morpholine rings is 1. The number of halogens is 1. The Labute approximate surface area is 231 Å². The van der Waals surface area contributed by atoms with Crippen LogP contribution in [0.15, 0.2) is 47.3 Å². The Balaban J connectivity index is 1.22. The normalized spacial score (nSPS) is 17.2. The molecule has 2 aliphatic rings. The van der Waals surface area contributed by atoms with Crippen molar-refractivity contribution in [2.75, 3.05) is 44.3 Å². The number of benzene rings is 2. The summed E-state index contributed by atoms with van der Waals surface area (Å²) in [6.07, 6.45) is 1.05. The summed E-state index contributed by atoms with van der Waals surface area (Å²) in [7, 11) is 0. The largest absolute Gasteiger partial charge is 0.488 e. The number of piperidine rings is 1. The van der Waals surface area contributed by atoms with Crippen LogP contribution in [0.2, 0.25) is 0 Å². The van der Waals surface area contributed by atoms with Crippen LogP contribution in [0.25, 0.3) is 11.0 Å². The summed E-state index contributed by atoms with van der Waals surface area (Å²) in [5.41, 5.74) is 0.839. The number of aromatic amines is 1. The fourth-order valence-corrected chi connectivity index (χ4v) is 5.12. The van der Waals surface area contributed by atoms with Gasteiger partial charge in [-0.05, 0) is 30.2 Å². The zero-order chi connectivity index (χ0) is 28.2. The molecule has 0 saturated carbocycles. The molecule has 2 saturated heterocycles. The number of carbonyl (C=O) groups is 2. The first-order valence-corrected chi connectivity index (χ1v) is 13.7. The van der Waals surface area contributed by atoms with E-state index in [2.05, 4.69) is 20.2 Å². The van der Waals surface area contributed by atoms with Gasteiger partial charge in [-0.25, -0.2) is 9.37 Å². The molecule has 0 unspecified atom stereocenters. The van der Waals surface area contributed by atoms with Gasteiger partial charge in [-0.2, -0.15) is 0 Å². The first kappa shape index (κ1) is 27.6. The molecule has 40 heavy (non-hydrogen) atoms. The van der Waals surface area contributed by atoms with Crippen molar-refractivity contribution in [3.05, 3.63) is 64.3 Å². The van der Waals surface area contributed by atoms with Crippen molar-refractivity contribution in [2.24, 2.45) is 5.92 Å². The molecule has 1 aromatic heterocycles. The van der Waals surface area contributed by atoms with Crippen molar-refractivity contribution in [2.45, 2.75) is 38.8 Å². The van der Waals surface area contributed by atoms with Crippen LogP contribution < -0.4 is 20.5 Å². The van der Waals surface area contributed by atoms with Crippen LogP contribution in [0.4, 0.5) is 10.1 Å². The zero-order valence-corrected chi connectivity index (χ0v) is 22.7. The summed E-state index contributed by atoms with van der Waals surface area (Å²) >= 11 is 0. The van der Waals surface area contributed by atoms with E-state index in [1.54, 1.807) is 35.2 Å². The maximum Gasteiger partial charge on any atom is 0.280 e. The lowest BCUT2D eigenvalue weighted by Crippen LogP contribution is -2.54. The molecule has 0 aliphatic carbocycles. The number of fused-ring (bicyclic) bond motifs is 1. The van der Waals surface area contributed by atoms with Crippen molar-refractivity contribution >= 4 is 28.5 Å². The Morgan fingerprint density at radius 1 is 1.10 bits per heavy atom. The molecule has 2 aliphatic heterocycles. The number of H-pyrrole nitrogens is 1. The number of carbonyl (C=O) groups excluding carboxylic acids is 2. The lowest BCUT2D eigenvalue weighted by molar-refractivity contribution is -0.136. The molecule has 1 atom stereocenters. The number of ether oxygens (including phenoxy) is 2. The molecule has 2 N–H and O–H groups in total. The van der Waals surface area contributed by atoms with Crippen LogP contribution in [0, 0.1) is 11.7 Å². The van der Waals surface area contributed by atoms with Gasteiger partial charge < -0.3 is 29.6 Å². The summed E-state index contributed by atoms with van der Waals surface area (Å²) in [5.74, 6) is -0.815. The van der Waals surface area contributed by atoms with Crippen molar-refractivity contribution in [3.63, 3.8) is 0 Å². The van der Waals surface area contributed by atoms with Gasteiger partial charge in [-0.1, -0.05) is 26.0 Å². The molecule has 212 valence electrons. The number of likely N-dealkylation sites (tertiary alicyclic amines) is 1. The molecule has 2 amide bonds. The number of para-hydroxylation sites is 2. The Morgan fingerprint density at radius 3 is 2.55 bits per heavy atom. The smallest absolute Gasteiger partial charge is 0.280 e. The van der Waals surface area contributed by atoms with E-state index in [1.807, 2.05) is 13.8 Å². The fourth-order valence-electron chi connectivity index (χ4n) is 5.12.